The maximum Gasteiger partial charge on any atom is 0.231 e. The van der Waals surface area contributed by atoms with Crippen molar-refractivity contribution in [2.45, 2.75) is 20.3 Å². The molecule has 0 radical (unpaired) electrons. The lowest BCUT2D eigenvalue weighted by Crippen LogP contribution is -2.15. The second kappa shape index (κ2) is 5.38. The van der Waals surface area contributed by atoms with Crippen molar-refractivity contribution < 1.29 is 9.59 Å². The van der Waals surface area contributed by atoms with Crippen LogP contribution in [0.25, 0.3) is 5.69 Å². The third kappa shape index (κ3) is 3.21. The molecule has 0 aliphatic carbocycles. The Morgan fingerprint density at radius 3 is 2.79 bits per heavy atom. The van der Waals surface area contributed by atoms with E-state index < -0.39 is 0 Å². The molecule has 0 unspecified atom stereocenters. The molecule has 0 spiro atoms. The van der Waals surface area contributed by atoms with E-state index in [1.807, 2.05) is 6.07 Å². The van der Waals surface area contributed by atoms with Crippen LogP contribution in [-0.2, 0) is 9.59 Å². The van der Waals surface area contributed by atoms with Crippen LogP contribution in [0.1, 0.15) is 19.2 Å². The number of carbonyl (C=O) groups excluding carboxylic acids is 2. The molecule has 2 rings (SSSR count). The van der Waals surface area contributed by atoms with E-state index in [-0.39, 0.29) is 18.1 Å². The maximum absolute atomic E-state index is 11.5. The molecule has 2 aromatic rings. The zero-order valence-corrected chi connectivity index (χ0v) is 10.6. The Labute approximate surface area is 109 Å². The van der Waals surface area contributed by atoms with Gasteiger partial charge in [0.25, 0.3) is 0 Å². The van der Waals surface area contributed by atoms with E-state index in [1.54, 1.807) is 29.8 Å². The Morgan fingerprint density at radius 1 is 1.37 bits per heavy atom. The topological polar surface area (TPSA) is 89.8 Å². The predicted molar refractivity (Wildman–Crippen MR) is 67.8 cm³/mol. The van der Waals surface area contributed by atoms with E-state index in [0.717, 1.165) is 5.69 Å². The largest absolute Gasteiger partial charge is 0.326 e. The number of hydrogen-bond acceptors (Lipinski definition) is 5. The normalized spacial score (nSPS) is 10.2. The number of benzene rings is 1. The Morgan fingerprint density at radius 2 is 2.16 bits per heavy atom. The van der Waals surface area contributed by atoms with Crippen LogP contribution in [0, 0.1) is 6.92 Å². The van der Waals surface area contributed by atoms with E-state index in [9.17, 15) is 9.59 Å². The molecule has 1 aromatic carbocycles. The molecule has 0 saturated heterocycles. The van der Waals surface area contributed by atoms with Crippen molar-refractivity contribution in [2.75, 3.05) is 5.32 Å². The number of rotatable bonds is 4. The smallest absolute Gasteiger partial charge is 0.231 e. The number of amides is 1. The van der Waals surface area contributed by atoms with E-state index in [1.165, 1.54) is 6.92 Å². The van der Waals surface area contributed by atoms with Crippen LogP contribution < -0.4 is 5.32 Å². The molecule has 1 amide bonds. The third-order valence-electron chi connectivity index (χ3n) is 2.41. The number of nitrogens with zero attached hydrogens (tertiary/aromatic N) is 4. The summed E-state index contributed by atoms with van der Waals surface area (Å²) in [4.78, 5) is 22.4. The Bertz CT molecular complexity index is 620. The average Bonchev–Trinajstić information content (AvgIpc) is 2.74. The highest BCUT2D eigenvalue weighted by atomic mass is 16.2. The number of carbonyl (C=O) groups is 2. The van der Waals surface area contributed by atoms with Crippen LogP contribution in [-0.4, -0.2) is 31.9 Å². The lowest BCUT2D eigenvalue weighted by molar-refractivity contribution is -0.124. The minimum Gasteiger partial charge on any atom is -0.326 e. The van der Waals surface area contributed by atoms with Crippen molar-refractivity contribution in [2.24, 2.45) is 0 Å². The van der Waals surface area contributed by atoms with Gasteiger partial charge in [-0.2, -0.15) is 4.68 Å². The molecule has 0 bridgehead atoms. The van der Waals surface area contributed by atoms with Gasteiger partial charge in [-0.15, -0.1) is 5.10 Å². The third-order valence-corrected chi connectivity index (χ3v) is 2.41. The number of hydrogen-bond donors (Lipinski definition) is 1. The highest BCUT2D eigenvalue weighted by molar-refractivity contribution is 6.03. The summed E-state index contributed by atoms with van der Waals surface area (Å²) in [6.07, 6.45) is -0.131. The monoisotopic (exact) mass is 259 g/mol. The first kappa shape index (κ1) is 12.9. The molecule has 19 heavy (non-hydrogen) atoms. The second-order valence-corrected chi connectivity index (χ2v) is 4.12. The van der Waals surface area contributed by atoms with Gasteiger partial charge in [0.05, 0.1) is 12.1 Å². The van der Waals surface area contributed by atoms with Gasteiger partial charge in [-0.25, -0.2) is 0 Å². The molecule has 1 aromatic heterocycles. The first-order valence-corrected chi connectivity index (χ1v) is 5.71. The predicted octanol–water partition coefficient (Wildman–Crippen LogP) is 0.888. The second-order valence-electron chi connectivity index (χ2n) is 4.12. The molecular weight excluding hydrogens is 246 g/mol. The minimum atomic E-state index is -0.335. The van der Waals surface area contributed by atoms with Gasteiger partial charge in [-0.05, 0) is 42.5 Å². The van der Waals surface area contributed by atoms with Crippen molar-refractivity contribution in [1.29, 1.82) is 0 Å². The molecule has 7 heteroatoms. The number of nitrogens with one attached hydrogen (secondary N) is 1. The van der Waals surface area contributed by atoms with E-state index in [2.05, 4.69) is 20.8 Å². The molecule has 0 aliphatic rings. The zero-order chi connectivity index (χ0) is 13.8. The zero-order valence-electron chi connectivity index (χ0n) is 10.6. The molecule has 1 N–H and O–H groups in total. The minimum absolute atomic E-state index is 0.131. The molecule has 1 heterocycles. The molecule has 98 valence electrons. The average molecular weight is 259 g/mol. The summed E-state index contributed by atoms with van der Waals surface area (Å²) in [5, 5.41) is 13.8. The van der Waals surface area contributed by atoms with Crippen LogP contribution in [0.2, 0.25) is 0 Å². The molecule has 0 saturated carbocycles. The highest BCUT2D eigenvalue weighted by Gasteiger charge is 2.08. The summed E-state index contributed by atoms with van der Waals surface area (Å²) in [6.45, 7) is 3.15. The molecule has 0 atom stereocenters. The first-order chi connectivity index (χ1) is 9.06. The molecular formula is C12H13N5O2. The van der Waals surface area contributed by atoms with Gasteiger partial charge < -0.3 is 5.32 Å². The van der Waals surface area contributed by atoms with Crippen molar-refractivity contribution in [3.63, 3.8) is 0 Å². The SMILES string of the molecule is CC(=O)CC(=O)Nc1cccc(-n2nnnc2C)c1. The Kier molecular flexibility index (Phi) is 3.65. The highest BCUT2D eigenvalue weighted by Crippen LogP contribution is 2.14. The Balaban J connectivity index is 2.18. The van der Waals surface area contributed by atoms with Crippen molar-refractivity contribution in [3.8, 4) is 5.69 Å². The number of anilines is 1. The summed E-state index contributed by atoms with van der Waals surface area (Å²) in [5.41, 5.74) is 1.33. The van der Waals surface area contributed by atoms with E-state index >= 15 is 0 Å². The Hall–Kier alpha value is -2.57. The van der Waals surface area contributed by atoms with Gasteiger partial charge in [0.15, 0.2) is 5.82 Å². The molecule has 0 aliphatic heterocycles. The van der Waals surface area contributed by atoms with Gasteiger partial charge in [-0.3, -0.25) is 9.59 Å². The van der Waals surface area contributed by atoms with Crippen molar-refractivity contribution in [1.82, 2.24) is 20.2 Å². The van der Waals surface area contributed by atoms with Crippen LogP contribution >= 0.6 is 0 Å². The summed E-state index contributed by atoms with van der Waals surface area (Å²) in [5.74, 6) is 0.135. The van der Waals surface area contributed by atoms with Gasteiger partial charge in [0, 0.05) is 5.69 Å². The number of Topliss-reactive ketones (excluding diaryl/α,β-unsaturated/α-hetero) is 1. The number of ketones is 1. The fourth-order valence-electron chi connectivity index (χ4n) is 1.62. The van der Waals surface area contributed by atoms with Crippen LogP contribution in [0.3, 0.4) is 0 Å². The lowest BCUT2D eigenvalue weighted by atomic mass is 10.2. The summed E-state index contributed by atoms with van der Waals surface area (Å²) >= 11 is 0. The van der Waals surface area contributed by atoms with Gasteiger partial charge in [0.2, 0.25) is 5.91 Å². The first-order valence-electron chi connectivity index (χ1n) is 5.71. The van der Waals surface area contributed by atoms with Crippen molar-refractivity contribution in [3.05, 3.63) is 30.1 Å². The van der Waals surface area contributed by atoms with E-state index in [4.69, 9.17) is 0 Å². The summed E-state index contributed by atoms with van der Waals surface area (Å²) in [6, 6.07) is 7.08. The van der Waals surface area contributed by atoms with Crippen LogP contribution in [0.4, 0.5) is 5.69 Å². The summed E-state index contributed by atoms with van der Waals surface area (Å²) < 4.78 is 1.56. The maximum atomic E-state index is 11.5. The van der Waals surface area contributed by atoms with Gasteiger partial charge in [-0.1, -0.05) is 6.07 Å². The lowest BCUT2D eigenvalue weighted by Gasteiger charge is -2.06. The number of aryl methyl sites for hydroxylation is 1. The van der Waals surface area contributed by atoms with Crippen LogP contribution in [0.5, 0.6) is 0 Å². The number of aromatic nitrogens is 4. The van der Waals surface area contributed by atoms with Crippen LogP contribution in [0.15, 0.2) is 24.3 Å². The molecule has 7 nitrogen and oxygen atoms in total. The van der Waals surface area contributed by atoms with Gasteiger partial charge in [0.1, 0.15) is 5.78 Å². The fraction of sp³-hybridized carbons (Fsp3) is 0.250. The van der Waals surface area contributed by atoms with E-state index in [0.29, 0.717) is 11.5 Å². The quantitative estimate of drug-likeness (QED) is 0.823. The molecule has 0 fully saturated rings. The van der Waals surface area contributed by atoms with Crippen molar-refractivity contribution >= 4 is 17.4 Å². The number of tetrazole rings is 1. The fourth-order valence-corrected chi connectivity index (χ4v) is 1.62. The summed E-state index contributed by atoms with van der Waals surface area (Å²) in [7, 11) is 0. The van der Waals surface area contributed by atoms with Gasteiger partial charge >= 0.3 is 0 Å². The standard InChI is InChI=1S/C12H13N5O2/c1-8(18)6-12(19)13-10-4-3-5-11(7-10)17-9(2)14-15-16-17/h3-5,7H,6H2,1-2H3,(H,13,19).